The third-order valence-electron chi connectivity index (χ3n) is 8.16. The summed E-state index contributed by atoms with van der Waals surface area (Å²) in [7, 11) is -3.12. The van der Waals surface area contributed by atoms with Crippen LogP contribution >= 0.6 is 0 Å². The van der Waals surface area contributed by atoms with E-state index < -0.39 is 10.0 Å². The zero-order chi connectivity index (χ0) is 22.6. The van der Waals surface area contributed by atoms with E-state index in [1.165, 1.54) is 37.6 Å². The molecule has 8 nitrogen and oxygen atoms in total. The normalized spacial score (nSPS) is 26.5. The molecule has 4 aliphatic rings. The first-order valence-corrected chi connectivity index (χ1v) is 14.1. The Kier molecular flexibility index (Phi) is 5.27. The summed E-state index contributed by atoms with van der Waals surface area (Å²) < 4.78 is 30.8. The van der Waals surface area contributed by atoms with Crippen molar-refractivity contribution in [2.75, 3.05) is 49.3 Å². The van der Waals surface area contributed by atoms with Gasteiger partial charge in [0.15, 0.2) is 0 Å². The number of anilines is 2. The standard InChI is InChI=1S/C24H33N5O3S/c1-33(30,31)28-11-7-19(8-12-28)26-23-25-15-18-3-2-4-20(21(18)27-23)29-16-24(9-13-32-14-10-24)22(29)17-5-6-17/h2-4,15,17,19,22H,5-14,16H2,1H3,(H,25,26,27). The Morgan fingerprint density at radius 2 is 1.88 bits per heavy atom. The largest absolute Gasteiger partial charge is 0.381 e. The van der Waals surface area contributed by atoms with E-state index in [1.54, 1.807) is 4.31 Å². The Balaban J connectivity index is 1.23. The molecule has 1 spiro atoms. The third-order valence-corrected chi connectivity index (χ3v) is 9.46. The third kappa shape index (κ3) is 3.98. The second kappa shape index (κ2) is 8.06. The van der Waals surface area contributed by atoms with Gasteiger partial charge in [0.25, 0.3) is 0 Å². The van der Waals surface area contributed by atoms with Gasteiger partial charge in [0.1, 0.15) is 0 Å². The van der Waals surface area contributed by atoms with Crippen LogP contribution in [0.3, 0.4) is 0 Å². The molecule has 1 aromatic carbocycles. The van der Waals surface area contributed by atoms with Crippen molar-refractivity contribution < 1.29 is 13.2 Å². The lowest BCUT2D eigenvalue weighted by Gasteiger charge is -2.61. The van der Waals surface area contributed by atoms with Crippen LogP contribution in [0.5, 0.6) is 0 Å². The molecule has 6 rings (SSSR count). The van der Waals surface area contributed by atoms with E-state index in [1.807, 2.05) is 6.20 Å². The molecule has 3 aliphatic heterocycles. The summed E-state index contributed by atoms with van der Waals surface area (Å²) in [5, 5.41) is 4.53. The molecule has 3 saturated heterocycles. The molecule has 2 aromatic rings. The number of fused-ring (bicyclic) bond motifs is 1. The minimum Gasteiger partial charge on any atom is -0.381 e. The number of sulfonamides is 1. The monoisotopic (exact) mass is 471 g/mol. The number of benzene rings is 1. The first-order valence-electron chi connectivity index (χ1n) is 12.2. The number of hydrogen-bond donors (Lipinski definition) is 1. The number of ether oxygens (including phenoxy) is 1. The first kappa shape index (κ1) is 21.6. The van der Waals surface area contributed by atoms with E-state index in [0.717, 1.165) is 49.4 Å². The fourth-order valence-corrected chi connectivity index (χ4v) is 7.11. The molecule has 33 heavy (non-hydrogen) atoms. The molecule has 1 aromatic heterocycles. The number of para-hydroxylation sites is 1. The summed E-state index contributed by atoms with van der Waals surface area (Å²) in [5.41, 5.74) is 2.64. The van der Waals surface area contributed by atoms with Crippen molar-refractivity contribution in [1.29, 1.82) is 0 Å². The van der Waals surface area contributed by atoms with E-state index in [-0.39, 0.29) is 6.04 Å². The summed E-state index contributed by atoms with van der Waals surface area (Å²) in [5.74, 6) is 1.43. The molecule has 0 amide bonds. The van der Waals surface area contributed by atoms with Gasteiger partial charge in [0.2, 0.25) is 16.0 Å². The Bertz CT molecular complexity index is 1140. The molecular formula is C24H33N5O3S. The van der Waals surface area contributed by atoms with E-state index in [4.69, 9.17) is 9.72 Å². The van der Waals surface area contributed by atoms with E-state index in [2.05, 4.69) is 33.4 Å². The van der Waals surface area contributed by atoms with Gasteiger partial charge in [-0.25, -0.2) is 22.7 Å². The van der Waals surface area contributed by atoms with Gasteiger partial charge < -0.3 is 15.0 Å². The van der Waals surface area contributed by atoms with Crippen molar-refractivity contribution in [2.45, 2.75) is 50.6 Å². The average Bonchev–Trinajstić information content (AvgIpc) is 3.62. The fraction of sp³-hybridized carbons (Fsp3) is 0.667. The molecule has 0 bridgehead atoms. The predicted molar refractivity (Wildman–Crippen MR) is 129 cm³/mol. The van der Waals surface area contributed by atoms with Crippen LogP contribution in [0.1, 0.15) is 38.5 Å². The summed E-state index contributed by atoms with van der Waals surface area (Å²) in [6.07, 6.45) is 9.73. The zero-order valence-corrected chi connectivity index (χ0v) is 20.1. The van der Waals surface area contributed by atoms with Crippen LogP contribution < -0.4 is 10.2 Å². The van der Waals surface area contributed by atoms with Crippen LogP contribution in [0.25, 0.3) is 10.9 Å². The molecule has 1 saturated carbocycles. The van der Waals surface area contributed by atoms with Gasteiger partial charge >= 0.3 is 0 Å². The zero-order valence-electron chi connectivity index (χ0n) is 19.2. The maximum Gasteiger partial charge on any atom is 0.223 e. The van der Waals surface area contributed by atoms with Gasteiger partial charge in [-0.1, -0.05) is 12.1 Å². The summed E-state index contributed by atoms with van der Waals surface area (Å²) in [4.78, 5) is 12.1. The maximum absolute atomic E-state index is 11.8. The lowest BCUT2D eigenvalue weighted by atomic mass is 9.64. The van der Waals surface area contributed by atoms with Crippen molar-refractivity contribution in [3.05, 3.63) is 24.4 Å². The number of piperidine rings is 1. The lowest BCUT2D eigenvalue weighted by molar-refractivity contribution is -0.0335. The lowest BCUT2D eigenvalue weighted by Crippen LogP contribution is -2.67. The number of nitrogens with zero attached hydrogens (tertiary/aromatic N) is 4. The Labute approximate surface area is 195 Å². The summed E-state index contributed by atoms with van der Waals surface area (Å²) in [6.45, 7) is 3.95. The topological polar surface area (TPSA) is 87.7 Å². The summed E-state index contributed by atoms with van der Waals surface area (Å²) in [6, 6.07) is 7.20. The van der Waals surface area contributed by atoms with Crippen molar-refractivity contribution in [3.8, 4) is 0 Å². The smallest absolute Gasteiger partial charge is 0.223 e. The van der Waals surface area contributed by atoms with Crippen molar-refractivity contribution in [3.63, 3.8) is 0 Å². The molecule has 4 fully saturated rings. The minimum atomic E-state index is -3.12. The van der Waals surface area contributed by atoms with Crippen LogP contribution in [0.15, 0.2) is 24.4 Å². The van der Waals surface area contributed by atoms with E-state index >= 15 is 0 Å². The molecule has 4 heterocycles. The highest BCUT2D eigenvalue weighted by Gasteiger charge is 2.58. The van der Waals surface area contributed by atoms with Gasteiger partial charge in [0, 0.05) is 61.9 Å². The van der Waals surface area contributed by atoms with Gasteiger partial charge in [-0.05, 0) is 50.5 Å². The van der Waals surface area contributed by atoms with Crippen LogP contribution in [0.2, 0.25) is 0 Å². The second-order valence-electron chi connectivity index (χ2n) is 10.4. The van der Waals surface area contributed by atoms with Crippen molar-refractivity contribution in [2.24, 2.45) is 11.3 Å². The SMILES string of the molecule is CS(=O)(=O)N1CCC(Nc2ncc3cccc(N4CC5(CCOCC5)C4C4CC4)c3n2)CC1. The Morgan fingerprint density at radius 1 is 1.12 bits per heavy atom. The molecular weight excluding hydrogens is 438 g/mol. The van der Waals surface area contributed by atoms with Gasteiger partial charge in [0.05, 0.1) is 17.5 Å². The van der Waals surface area contributed by atoms with Crippen LogP contribution in [0.4, 0.5) is 11.6 Å². The number of hydrogen-bond acceptors (Lipinski definition) is 7. The Hall–Kier alpha value is -1.97. The average molecular weight is 472 g/mol. The highest BCUT2D eigenvalue weighted by Crippen LogP contribution is 2.56. The minimum absolute atomic E-state index is 0.182. The van der Waals surface area contributed by atoms with Crippen LogP contribution in [-0.4, -0.2) is 73.9 Å². The van der Waals surface area contributed by atoms with Gasteiger partial charge in [-0.15, -0.1) is 0 Å². The molecule has 1 aliphatic carbocycles. The van der Waals surface area contributed by atoms with Crippen molar-refractivity contribution >= 4 is 32.6 Å². The highest BCUT2D eigenvalue weighted by molar-refractivity contribution is 7.88. The molecule has 1 N–H and O–H groups in total. The highest BCUT2D eigenvalue weighted by atomic mass is 32.2. The molecule has 1 unspecified atom stereocenters. The number of nitrogens with one attached hydrogen (secondary N) is 1. The predicted octanol–water partition coefficient (Wildman–Crippen LogP) is 2.86. The summed E-state index contributed by atoms with van der Waals surface area (Å²) >= 11 is 0. The van der Waals surface area contributed by atoms with Crippen molar-refractivity contribution in [1.82, 2.24) is 14.3 Å². The number of aromatic nitrogens is 2. The quantitative estimate of drug-likeness (QED) is 0.717. The van der Waals surface area contributed by atoms with Crippen LogP contribution in [0, 0.1) is 11.3 Å². The van der Waals surface area contributed by atoms with E-state index in [0.29, 0.717) is 30.5 Å². The Morgan fingerprint density at radius 3 is 2.58 bits per heavy atom. The van der Waals surface area contributed by atoms with E-state index in [9.17, 15) is 8.42 Å². The fourth-order valence-electron chi connectivity index (χ4n) is 6.24. The molecule has 178 valence electrons. The maximum atomic E-state index is 11.8. The number of rotatable bonds is 5. The van der Waals surface area contributed by atoms with Crippen LogP contribution in [-0.2, 0) is 14.8 Å². The molecule has 9 heteroatoms. The molecule has 1 atom stereocenters. The second-order valence-corrected chi connectivity index (χ2v) is 12.4. The molecule has 0 radical (unpaired) electrons. The first-order chi connectivity index (χ1) is 15.9. The van der Waals surface area contributed by atoms with Gasteiger partial charge in [-0.3, -0.25) is 0 Å². The van der Waals surface area contributed by atoms with Gasteiger partial charge in [-0.2, -0.15) is 0 Å².